The van der Waals surface area contributed by atoms with E-state index in [1.54, 1.807) is 10.6 Å². The van der Waals surface area contributed by atoms with E-state index in [0.717, 1.165) is 12.1 Å². The van der Waals surface area contributed by atoms with Crippen molar-refractivity contribution in [3.05, 3.63) is 29.3 Å². The minimum Gasteiger partial charge on any atom is -0.476 e. The van der Waals surface area contributed by atoms with Gasteiger partial charge in [0.1, 0.15) is 5.82 Å². The molecule has 0 saturated heterocycles. The quantitative estimate of drug-likeness (QED) is 0.881. The van der Waals surface area contributed by atoms with Crippen LogP contribution in [0.1, 0.15) is 48.7 Å². The molecule has 0 fully saturated rings. The summed E-state index contributed by atoms with van der Waals surface area (Å²) in [6, 6.07) is 3.61. The van der Waals surface area contributed by atoms with Crippen LogP contribution in [0.2, 0.25) is 0 Å². The van der Waals surface area contributed by atoms with E-state index in [9.17, 15) is 4.79 Å². The summed E-state index contributed by atoms with van der Waals surface area (Å²) < 4.78 is 1.65. The highest BCUT2D eigenvalue weighted by atomic mass is 16.4. The molecule has 0 aliphatic carbocycles. The SMILES string of the molecule is CCc1ccc2c(C(=O)O)nc(C(C)C)n2n1. The van der Waals surface area contributed by atoms with Crippen LogP contribution in [0.3, 0.4) is 0 Å². The van der Waals surface area contributed by atoms with E-state index in [1.165, 1.54) is 0 Å². The Labute approximate surface area is 99.1 Å². The minimum absolute atomic E-state index is 0.0730. The molecule has 0 amide bonds. The number of rotatable bonds is 3. The Morgan fingerprint density at radius 3 is 2.71 bits per heavy atom. The molecular formula is C12H15N3O2. The standard InChI is InChI=1S/C12H15N3O2/c1-4-8-5-6-9-10(12(16)17)13-11(7(2)3)15(9)14-8/h5-7H,4H2,1-3H3,(H,16,17). The minimum atomic E-state index is -1.01. The van der Waals surface area contributed by atoms with Gasteiger partial charge in [-0.25, -0.2) is 14.3 Å². The second-order valence-electron chi connectivity index (χ2n) is 4.25. The molecule has 2 rings (SSSR count). The van der Waals surface area contributed by atoms with Crippen LogP contribution in [0.4, 0.5) is 0 Å². The van der Waals surface area contributed by atoms with Gasteiger partial charge in [-0.2, -0.15) is 5.10 Å². The van der Waals surface area contributed by atoms with Crippen LogP contribution in [-0.4, -0.2) is 25.7 Å². The normalized spacial score (nSPS) is 11.3. The van der Waals surface area contributed by atoms with Crippen molar-refractivity contribution in [2.75, 3.05) is 0 Å². The van der Waals surface area contributed by atoms with E-state index in [0.29, 0.717) is 11.3 Å². The molecule has 2 heterocycles. The number of aryl methyl sites for hydroxylation is 1. The summed E-state index contributed by atoms with van der Waals surface area (Å²) in [6.45, 7) is 5.96. The lowest BCUT2D eigenvalue weighted by Gasteiger charge is -2.04. The third kappa shape index (κ3) is 1.88. The van der Waals surface area contributed by atoms with Crippen LogP contribution >= 0.6 is 0 Å². The molecule has 2 aromatic rings. The smallest absolute Gasteiger partial charge is 0.356 e. The molecule has 0 saturated carbocycles. The molecule has 0 aliphatic rings. The van der Waals surface area contributed by atoms with Gasteiger partial charge in [0, 0.05) is 5.92 Å². The van der Waals surface area contributed by atoms with Gasteiger partial charge in [0.15, 0.2) is 5.69 Å². The van der Waals surface area contributed by atoms with E-state index in [-0.39, 0.29) is 11.6 Å². The molecule has 0 aromatic carbocycles. The number of imidazole rings is 1. The number of fused-ring (bicyclic) bond motifs is 1. The van der Waals surface area contributed by atoms with E-state index >= 15 is 0 Å². The van der Waals surface area contributed by atoms with Crippen molar-refractivity contribution in [3.8, 4) is 0 Å². The second kappa shape index (κ2) is 4.16. The van der Waals surface area contributed by atoms with Gasteiger partial charge in [0.25, 0.3) is 0 Å². The first-order valence-corrected chi connectivity index (χ1v) is 5.66. The number of hydrogen-bond acceptors (Lipinski definition) is 3. The summed E-state index contributed by atoms with van der Waals surface area (Å²) in [5.41, 5.74) is 1.55. The largest absolute Gasteiger partial charge is 0.476 e. The molecule has 0 unspecified atom stereocenters. The predicted molar refractivity (Wildman–Crippen MR) is 63.4 cm³/mol. The summed E-state index contributed by atoms with van der Waals surface area (Å²) >= 11 is 0. The highest BCUT2D eigenvalue weighted by Crippen LogP contribution is 2.19. The molecular weight excluding hydrogens is 218 g/mol. The number of aromatic nitrogens is 3. The summed E-state index contributed by atoms with van der Waals surface area (Å²) in [5.74, 6) is -0.191. The van der Waals surface area contributed by atoms with E-state index in [2.05, 4.69) is 10.1 Å². The molecule has 5 nitrogen and oxygen atoms in total. The average molecular weight is 233 g/mol. The highest BCUT2D eigenvalue weighted by molar-refractivity contribution is 5.93. The fraction of sp³-hybridized carbons (Fsp3) is 0.417. The van der Waals surface area contributed by atoms with Crippen LogP contribution < -0.4 is 0 Å². The first-order valence-electron chi connectivity index (χ1n) is 5.66. The van der Waals surface area contributed by atoms with Gasteiger partial charge in [-0.05, 0) is 18.6 Å². The van der Waals surface area contributed by atoms with Crippen LogP contribution in [0.15, 0.2) is 12.1 Å². The molecule has 1 N–H and O–H groups in total. The highest BCUT2D eigenvalue weighted by Gasteiger charge is 2.19. The Kier molecular flexibility index (Phi) is 2.83. The van der Waals surface area contributed by atoms with Crippen LogP contribution in [0.5, 0.6) is 0 Å². The molecule has 90 valence electrons. The molecule has 0 atom stereocenters. The van der Waals surface area contributed by atoms with Gasteiger partial charge in [-0.1, -0.05) is 20.8 Å². The maximum Gasteiger partial charge on any atom is 0.356 e. The molecule has 2 aromatic heterocycles. The monoisotopic (exact) mass is 233 g/mol. The zero-order valence-electron chi connectivity index (χ0n) is 10.1. The lowest BCUT2D eigenvalue weighted by molar-refractivity contribution is 0.0693. The van der Waals surface area contributed by atoms with Gasteiger partial charge in [-0.3, -0.25) is 0 Å². The number of carbonyl (C=O) groups is 1. The van der Waals surface area contributed by atoms with Crippen molar-refractivity contribution >= 4 is 11.5 Å². The first-order chi connectivity index (χ1) is 8.04. The van der Waals surface area contributed by atoms with Gasteiger partial charge >= 0.3 is 5.97 Å². The van der Waals surface area contributed by atoms with E-state index in [4.69, 9.17) is 5.11 Å². The third-order valence-corrected chi connectivity index (χ3v) is 2.66. The maximum absolute atomic E-state index is 11.1. The Bertz CT molecular complexity index is 572. The lowest BCUT2D eigenvalue weighted by atomic mass is 10.2. The van der Waals surface area contributed by atoms with Crippen LogP contribution in [0.25, 0.3) is 5.52 Å². The summed E-state index contributed by atoms with van der Waals surface area (Å²) in [4.78, 5) is 15.3. The maximum atomic E-state index is 11.1. The van der Waals surface area contributed by atoms with Crippen molar-refractivity contribution in [2.45, 2.75) is 33.1 Å². The second-order valence-corrected chi connectivity index (χ2v) is 4.25. The molecule has 0 bridgehead atoms. The van der Waals surface area contributed by atoms with Gasteiger partial charge in [0.05, 0.1) is 11.2 Å². The molecule has 0 radical (unpaired) electrons. The van der Waals surface area contributed by atoms with Crippen molar-refractivity contribution < 1.29 is 9.90 Å². The van der Waals surface area contributed by atoms with Gasteiger partial charge < -0.3 is 5.11 Å². The summed E-state index contributed by atoms with van der Waals surface area (Å²) in [6.07, 6.45) is 0.814. The molecule has 0 aliphatic heterocycles. The number of carboxylic acid groups (broad SMARTS) is 1. The number of nitrogens with zero attached hydrogens (tertiary/aromatic N) is 3. The number of aromatic carboxylic acids is 1. The Balaban J connectivity index is 2.76. The molecule has 17 heavy (non-hydrogen) atoms. The van der Waals surface area contributed by atoms with Crippen molar-refractivity contribution in [3.63, 3.8) is 0 Å². The van der Waals surface area contributed by atoms with E-state index in [1.807, 2.05) is 26.8 Å². The zero-order valence-corrected chi connectivity index (χ0v) is 10.1. The van der Waals surface area contributed by atoms with Crippen molar-refractivity contribution in [1.29, 1.82) is 0 Å². The van der Waals surface area contributed by atoms with E-state index < -0.39 is 5.97 Å². The number of hydrogen-bond donors (Lipinski definition) is 1. The van der Waals surface area contributed by atoms with Crippen LogP contribution in [-0.2, 0) is 6.42 Å². The first kappa shape index (κ1) is 11.6. The number of carboxylic acids is 1. The average Bonchev–Trinajstić information content (AvgIpc) is 2.67. The van der Waals surface area contributed by atoms with Crippen molar-refractivity contribution in [2.24, 2.45) is 0 Å². The Morgan fingerprint density at radius 1 is 1.47 bits per heavy atom. The topological polar surface area (TPSA) is 67.5 Å². The summed E-state index contributed by atoms with van der Waals surface area (Å²) in [7, 11) is 0. The molecule has 0 spiro atoms. The fourth-order valence-electron chi connectivity index (χ4n) is 1.75. The Hall–Kier alpha value is -1.91. The predicted octanol–water partition coefficient (Wildman–Crippen LogP) is 2.11. The van der Waals surface area contributed by atoms with Crippen LogP contribution in [0, 0.1) is 0 Å². The Morgan fingerprint density at radius 2 is 2.18 bits per heavy atom. The van der Waals surface area contributed by atoms with Gasteiger partial charge in [0.2, 0.25) is 0 Å². The van der Waals surface area contributed by atoms with Crippen molar-refractivity contribution in [1.82, 2.24) is 14.6 Å². The lowest BCUT2D eigenvalue weighted by Crippen LogP contribution is -2.03. The summed E-state index contributed by atoms with van der Waals surface area (Å²) in [5, 5.41) is 13.5. The zero-order chi connectivity index (χ0) is 12.6. The molecule has 5 heteroatoms. The van der Waals surface area contributed by atoms with Gasteiger partial charge in [-0.15, -0.1) is 0 Å². The fourth-order valence-corrected chi connectivity index (χ4v) is 1.75. The third-order valence-electron chi connectivity index (χ3n) is 2.66.